The first kappa shape index (κ1) is 16.3. The van der Waals surface area contributed by atoms with Crippen LogP contribution in [0.3, 0.4) is 0 Å². The van der Waals surface area contributed by atoms with E-state index in [0.29, 0.717) is 26.1 Å². The van der Waals surface area contributed by atoms with Gasteiger partial charge in [-0.2, -0.15) is 0 Å². The normalized spacial score (nSPS) is 16.9. The monoisotopic (exact) mass is 326 g/mol. The topological polar surface area (TPSA) is 61.8 Å². The molecule has 1 aliphatic heterocycles. The number of rotatable bonds is 4. The summed E-state index contributed by atoms with van der Waals surface area (Å²) in [5.41, 5.74) is 2.81. The van der Waals surface area contributed by atoms with Gasteiger partial charge in [-0.15, -0.1) is 0 Å². The zero-order valence-electron chi connectivity index (χ0n) is 13.7. The summed E-state index contributed by atoms with van der Waals surface area (Å²) in [4.78, 5) is 13.8. The molecule has 1 saturated heterocycles. The fraction of sp³-hybridized carbons (Fsp3) is 0.316. The van der Waals surface area contributed by atoms with E-state index in [9.17, 15) is 9.90 Å². The molecular formula is C19H22N2O3. The summed E-state index contributed by atoms with van der Waals surface area (Å²) in [6, 6.07) is 15.4. The molecule has 0 unspecified atom stereocenters. The van der Waals surface area contributed by atoms with Gasteiger partial charge < -0.3 is 20.1 Å². The number of aryl methyl sites for hydroxylation is 1. The molecule has 24 heavy (non-hydrogen) atoms. The molecule has 0 radical (unpaired) electrons. The van der Waals surface area contributed by atoms with Crippen molar-refractivity contribution in [2.24, 2.45) is 0 Å². The summed E-state index contributed by atoms with van der Waals surface area (Å²) in [6.07, 6.45) is 0.226. The number of ether oxygens (including phenoxy) is 1. The lowest BCUT2D eigenvalue weighted by Crippen LogP contribution is -2.33. The predicted molar refractivity (Wildman–Crippen MR) is 93.2 cm³/mol. The van der Waals surface area contributed by atoms with Gasteiger partial charge in [-0.1, -0.05) is 30.3 Å². The smallest absolute Gasteiger partial charge is 0.321 e. The fourth-order valence-electron chi connectivity index (χ4n) is 2.73. The SMILES string of the molecule is Cc1cc(OCc2ccccc2)ccc1NC(=O)N1CC[C@@H](O)C1. The van der Waals surface area contributed by atoms with E-state index in [4.69, 9.17) is 4.74 Å². The van der Waals surface area contributed by atoms with E-state index >= 15 is 0 Å². The molecule has 1 aliphatic rings. The molecular weight excluding hydrogens is 304 g/mol. The highest BCUT2D eigenvalue weighted by atomic mass is 16.5. The number of carbonyl (C=O) groups is 1. The first-order valence-corrected chi connectivity index (χ1v) is 8.13. The van der Waals surface area contributed by atoms with Crippen LogP contribution in [0.1, 0.15) is 17.5 Å². The number of aliphatic hydroxyl groups is 1. The minimum absolute atomic E-state index is 0.174. The van der Waals surface area contributed by atoms with Crippen molar-refractivity contribution in [3.05, 3.63) is 59.7 Å². The van der Waals surface area contributed by atoms with Gasteiger partial charge in [-0.3, -0.25) is 0 Å². The van der Waals surface area contributed by atoms with Crippen molar-refractivity contribution in [1.29, 1.82) is 0 Å². The molecule has 2 N–H and O–H groups in total. The number of carbonyl (C=O) groups excluding carboxylic acids is 1. The van der Waals surface area contributed by atoms with Crippen molar-refractivity contribution < 1.29 is 14.6 Å². The van der Waals surface area contributed by atoms with Gasteiger partial charge in [-0.25, -0.2) is 4.79 Å². The minimum atomic E-state index is -0.411. The van der Waals surface area contributed by atoms with Crippen LogP contribution in [0.4, 0.5) is 10.5 Å². The van der Waals surface area contributed by atoms with Gasteiger partial charge in [0.2, 0.25) is 0 Å². The van der Waals surface area contributed by atoms with Gasteiger partial charge in [0.1, 0.15) is 12.4 Å². The first-order chi connectivity index (χ1) is 11.6. The largest absolute Gasteiger partial charge is 0.489 e. The third-order valence-electron chi connectivity index (χ3n) is 4.14. The highest BCUT2D eigenvalue weighted by molar-refractivity contribution is 5.90. The number of anilines is 1. The number of aliphatic hydroxyl groups excluding tert-OH is 1. The van der Waals surface area contributed by atoms with Gasteiger partial charge in [0.25, 0.3) is 0 Å². The maximum Gasteiger partial charge on any atom is 0.321 e. The van der Waals surface area contributed by atoms with Crippen molar-refractivity contribution in [1.82, 2.24) is 4.90 Å². The van der Waals surface area contributed by atoms with Crippen LogP contribution < -0.4 is 10.1 Å². The average molecular weight is 326 g/mol. The Kier molecular flexibility index (Phi) is 5.01. The van der Waals surface area contributed by atoms with Gasteiger partial charge in [0, 0.05) is 18.8 Å². The Morgan fingerprint density at radius 3 is 2.75 bits per heavy atom. The molecule has 0 bridgehead atoms. The minimum Gasteiger partial charge on any atom is -0.489 e. The summed E-state index contributed by atoms with van der Waals surface area (Å²) in [7, 11) is 0. The number of benzene rings is 2. The molecule has 0 aromatic heterocycles. The Morgan fingerprint density at radius 2 is 2.08 bits per heavy atom. The van der Waals surface area contributed by atoms with E-state index in [1.165, 1.54) is 0 Å². The molecule has 1 fully saturated rings. The molecule has 3 rings (SSSR count). The van der Waals surface area contributed by atoms with Crippen LogP contribution in [0, 0.1) is 6.92 Å². The highest BCUT2D eigenvalue weighted by Gasteiger charge is 2.24. The summed E-state index contributed by atoms with van der Waals surface area (Å²) in [6.45, 7) is 3.43. The van der Waals surface area contributed by atoms with Crippen molar-refractivity contribution in [2.75, 3.05) is 18.4 Å². The van der Waals surface area contributed by atoms with Crippen LogP contribution in [-0.4, -0.2) is 35.2 Å². The van der Waals surface area contributed by atoms with Crippen LogP contribution in [0.15, 0.2) is 48.5 Å². The average Bonchev–Trinajstić information content (AvgIpc) is 3.03. The second-order valence-electron chi connectivity index (χ2n) is 6.07. The van der Waals surface area contributed by atoms with Crippen molar-refractivity contribution in [3.8, 4) is 5.75 Å². The van der Waals surface area contributed by atoms with Gasteiger partial charge in [0.05, 0.1) is 6.10 Å². The van der Waals surface area contributed by atoms with E-state index in [1.807, 2.05) is 55.5 Å². The maximum absolute atomic E-state index is 12.2. The third kappa shape index (κ3) is 4.06. The number of likely N-dealkylation sites (tertiary alicyclic amines) is 1. The van der Waals surface area contributed by atoms with Gasteiger partial charge >= 0.3 is 6.03 Å². The number of nitrogens with one attached hydrogen (secondary N) is 1. The van der Waals surface area contributed by atoms with Crippen molar-refractivity contribution in [2.45, 2.75) is 26.1 Å². The molecule has 0 saturated carbocycles. The molecule has 1 heterocycles. The van der Waals surface area contributed by atoms with Crippen LogP contribution in [0.25, 0.3) is 0 Å². The molecule has 0 spiro atoms. The fourth-order valence-corrected chi connectivity index (χ4v) is 2.73. The molecule has 1 atom stereocenters. The predicted octanol–water partition coefficient (Wildman–Crippen LogP) is 3.17. The van der Waals surface area contributed by atoms with Crippen LogP contribution >= 0.6 is 0 Å². The van der Waals surface area contributed by atoms with E-state index in [-0.39, 0.29) is 6.03 Å². The Balaban J connectivity index is 1.59. The van der Waals surface area contributed by atoms with Crippen molar-refractivity contribution in [3.63, 3.8) is 0 Å². The van der Waals surface area contributed by atoms with Crippen molar-refractivity contribution >= 4 is 11.7 Å². The molecule has 2 aromatic rings. The number of urea groups is 1. The maximum atomic E-state index is 12.2. The van der Waals surface area contributed by atoms with E-state index in [0.717, 1.165) is 22.6 Å². The molecule has 2 amide bonds. The van der Waals surface area contributed by atoms with E-state index in [1.54, 1.807) is 4.90 Å². The lowest BCUT2D eigenvalue weighted by atomic mass is 10.2. The zero-order valence-corrected chi connectivity index (χ0v) is 13.7. The Morgan fingerprint density at radius 1 is 1.29 bits per heavy atom. The lowest BCUT2D eigenvalue weighted by Gasteiger charge is -2.18. The third-order valence-corrected chi connectivity index (χ3v) is 4.14. The molecule has 0 aliphatic carbocycles. The number of β-amino-alcohol motifs (C(OH)–C–C–N with tert-alkyl or cyclic N) is 1. The van der Waals surface area contributed by atoms with Gasteiger partial charge in [0.15, 0.2) is 0 Å². The number of hydrogen-bond donors (Lipinski definition) is 2. The number of amides is 2. The molecule has 5 heteroatoms. The summed E-state index contributed by atoms with van der Waals surface area (Å²) in [5.74, 6) is 0.769. The number of nitrogens with zero attached hydrogens (tertiary/aromatic N) is 1. The first-order valence-electron chi connectivity index (χ1n) is 8.13. The summed E-state index contributed by atoms with van der Waals surface area (Å²) < 4.78 is 5.79. The summed E-state index contributed by atoms with van der Waals surface area (Å²) in [5, 5.41) is 12.4. The second kappa shape index (κ2) is 7.36. The van der Waals surface area contributed by atoms with Gasteiger partial charge in [-0.05, 0) is 42.7 Å². The lowest BCUT2D eigenvalue weighted by molar-refractivity contribution is 0.176. The molecule has 5 nitrogen and oxygen atoms in total. The van der Waals surface area contributed by atoms with E-state index in [2.05, 4.69) is 5.32 Å². The molecule has 2 aromatic carbocycles. The second-order valence-corrected chi connectivity index (χ2v) is 6.07. The van der Waals surface area contributed by atoms with Crippen LogP contribution in [-0.2, 0) is 6.61 Å². The Labute approximate surface area is 141 Å². The molecule has 126 valence electrons. The summed E-state index contributed by atoms with van der Waals surface area (Å²) >= 11 is 0. The zero-order chi connectivity index (χ0) is 16.9. The quantitative estimate of drug-likeness (QED) is 0.907. The van der Waals surface area contributed by atoms with E-state index < -0.39 is 6.10 Å². The van der Waals surface area contributed by atoms with Crippen LogP contribution in [0.5, 0.6) is 5.75 Å². The Bertz CT molecular complexity index is 703. The van der Waals surface area contributed by atoms with Crippen LogP contribution in [0.2, 0.25) is 0 Å². The Hall–Kier alpha value is -2.53. The highest BCUT2D eigenvalue weighted by Crippen LogP contribution is 2.23. The number of hydrogen-bond acceptors (Lipinski definition) is 3. The standard InChI is InChI=1S/C19H22N2O3/c1-14-11-17(24-13-15-5-3-2-4-6-15)7-8-18(14)20-19(23)21-10-9-16(22)12-21/h2-8,11,16,22H,9-10,12-13H2,1H3,(H,20,23)/t16-/m1/s1.